The molecule has 11 nitrogen and oxygen atoms in total. The molecule has 3 heterocycles. The Balaban J connectivity index is 1.59. The maximum absolute atomic E-state index is 12.9. The fourth-order valence-corrected chi connectivity index (χ4v) is 4.83. The fraction of sp³-hybridized carbons (Fsp3) is 0.296. The number of anilines is 1. The number of benzene rings is 2. The van der Waals surface area contributed by atoms with Gasteiger partial charge in [0.25, 0.3) is 5.91 Å². The van der Waals surface area contributed by atoms with Crippen LogP contribution in [-0.2, 0) is 25.1 Å². The van der Waals surface area contributed by atoms with Crippen molar-refractivity contribution in [3.05, 3.63) is 65.4 Å². The highest BCUT2D eigenvalue weighted by Gasteiger charge is 2.40. The molecule has 1 fully saturated rings. The van der Waals surface area contributed by atoms with Crippen LogP contribution < -0.4 is 4.90 Å². The Morgan fingerprint density at radius 1 is 0.868 bits per heavy atom. The molecule has 0 saturated carbocycles. The van der Waals surface area contributed by atoms with Crippen molar-refractivity contribution in [2.75, 3.05) is 31.1 Å². The van der Waals surface area contributed by atoms with Crippen LogP contribution in [-0.4, -0.2) is 75.0 Å². The van der Waals surface area contributed by atoms with E-state index in [9.17, 15) is 34.8 Å². The lowest BCUT2D eigenvalue weighted by molar-refractivity contribution is -0.323. The van der Waals surface area contributed by atoms with Gasteiger partial charge in [0.15, 0.2) is 0 Å². The molecule has 38 heavy (non-hydrogen) atoms. The molecule has 0 unspecified atom stereocenters. The highest BCUT2D eigenvalue weighted by molar-refractivity contribution is 6.46. The van der Waals surface area contributed by atoms with Crippen LogP contribution in [0.15, 0.2) is 53.1 Å². The Morgan fingerprint density at radius 3 is 2.13 bits per heavy atom. The number of aliphatic hydroxyl groups is 4. The Morgan fingerprint density at radius 2 is 1.50 bits per heavy atom. The van der Waals surface area contributed by atoms with Crippen molar-refractivity contribution < 1.29 is 44.0 Å². The summed E-state index contributed by atoms with van der Waals surface area (Å²) in [5.41, 5.74) is -1.14. The number of amides is 1. The van der Waals surface area contributed by atoms with Gasteiger partial charge < -0.3 is 39.4 Å². The standard InChI is InChI=1S/C27H26N2O9/c1-26(2,33)25(32)29-11-9-28(10-12-29)15-7-8-19(27(34,35)36)17(13-15)21-22(24(31)38-23(21)30)18-14-37-20-6-4-3-5-16(18)20/h3-8,13-14,33-36H,9-12H2,1-2H3. The number of carbonyl (C=O) groups is 3. The van der Waals surface area contributed by atoms with Crippen molar-refractivity contribution in [2.45, 2.75) is 25.4 Å². The minimum Gasteiger partial charge on any atom is -0.464 e. The Bertz CT molecular complexity index is 1480. The van der Waals surface area contributed by atoms with Crippen LogP contribution in [0.2, 0.25) is 0 Å². The van der Waals surface area contributed by atoms with Gasteiger partial charge in [0.2, 0.25) is 0 Å². The largest absolute Gasteiger partial charge is 0.464 e. The number of carbonyl (C=O) groups excluding carboxylic acids is 3. The van der Waals surface area contributed by atoms with Gasteiger partial charge in [-0.1, -0.05) is 18.2 Å². The molecule has 1 amide bonds. The maximum atomic E-state index is 12.9. The highest BCUT2D eigenvalue weighted by Crippen LogP contribution is 2.41. The summed E-state index contributed by atoms with van der Waals surface area (Å²) < 4.78 is 10.5. The van der Waals surface area contributed by atoms with E-state index in [0.29, 0.717) is 42.8 Å². The lowest BCUT2D eigenvalue weighted by atomic mass is 9.91. The smallest absolute Gasteiger partial charge is 0.347 e. The SMILES string of the molecule is CC(C)(O)C(=O)N1CCN(c2ccc(C(O)(O)O)c(C3=C(c4coc5ccccc45)C(=O)OC3=O)c2)CC1. The van der Waals surface area contributed by atoms with E-state index >= 15 is 0 Å². The van der Waals surface area contributed by atoms with Crippen molar-refractivity contribution in [3.8, 4) is 0 Å². The van der Waals surface area contributed by atoms with Crippen LogP contribution in [0.1, 0.15) is 30.5 Å². The monoisotopic (exact) mass is 522 g/mol. The van der Waals surface area contributed by atoms with E-state index in [4.69, 9.17) is 9.15 Å². The normalized spacial score (nSPS) is 17.0. The van der Waals surface area contributed by atoms with E-state index in [1.165, 1.54) is 38.3 Å². The Labute approximate surface area is 216 Å². The molecule has 4 N–H and O–H groups in total. The van der Waals surface area contributed by atoms with Gasteiger partial charge in [-0.2, -0.15) is 0 Å². The van der Waals surface area contributed by atoms with Crippen LogP contribution >= 0.6 is 0 Å². The molecule has 2 aromatic carbocycles. The van der Waals surface area contributed by atoms with Crippen LogP contribution in [0.3, 0.4) is 0 Å². The second kappa shape index (κ2) is 9.07. The predicted molar refractivity (Wildman–Crippen MR) is 134 cm³/mol. The van der Waals surface area contributed by atoms with Crippen LogP contribution in [0.4, 0.5) is 5.69 Å². The van der Waals surface area contributed by atoms with Crippen molar-refractivity contribution in [1.29, 1.82) is 0 Å². The molecular weight excluding hydrogens is 496 g/mol. The maximum Gasteiger partial charge on any atom is 0.347 e. The van der Waals surface area contributed by atoms with Gasteiger partial charge in [0.05, 0.1) is 17.4 Å². The van der Waals surface area contributed by atoms with Crippen LogP contribution in [0.5, 0.6) is 0 Å². The summed E-state index contributed by atoms with van der Waals surface area (Å²) in [6.45, 7) is 4.25. The van der Waals surface area contributed by atoms with Crippen molar-refractivity contribution in [2.24, 2.45) is 0 Å². The molecule has 2 aliphatic heterocycles. The molecule has 0 aliphatic carbocycles. The molecule has 5 rings (SSSR count). The summed E-state index contributed by atoms with van der Waals surface area (Å²) in [7, 11) is 0. The second-order valence-electron chi connectivity index (χ2n) is 9.78. The van der Waals surface area contributed by atoms with E-state index in [2.05, 4.69) is 0 Å². The number of furan rings is 1. The number of rotatable bonds is 5. The number of hydrogen-bond donors (Lipinski definition) is 4. The van der Waals surface area contributed by atoms with Crippen molar-refractivity contribution in [3.63, 3.8) is 0 Å². The molecule has 0 bridgehead atoms. The van der Waals surface area contributed by atoms with E-state index in [-0.39, 0.29) is 22.3 Å². The number of cyclic esters (lactones) is 2. The Hall–Kier alpha value is -4.03. The molecule has 1 aromatic heterocycles. The van der Waals surface area contributed by atoms with Gasteiger partial charge >= 0.3 is 17.9 Å². The first kappa shape index (κ1) is 25.6. The molecule has 2 aliphatic rings. The lowest BCUT2D eigenvalue weighted by Crippen LogP contribution is -2.54. The number of piperazine rings is 1. The van der Waals surface area contributed by atoms with Crippen LogP contribution in [0.25, 0.3) is 22.1 Å². The third-order valence-corrected chi connectivity index (χ3v) is 6.68. The van der Waals surface area contributed by atoms with Gasteiger partial charge in [-0.05, 0) is 38.1 Å². The zero-order valence-electron chi connectivity index (χ0n) is 20.7. The predicted octanol–water partition coefficient (Wildman–Crippen LogP) is 0.934. The lowest BCUT2D eigenvalue weighted by Gasteiger charge is -2.38. The summed E-state index contributed by atoms with van der Waals surface area (Å²) >= 11 is 0. The first-order chi connectivity index (χ1) is 17.9. The number of para-hydroxylation sites is 1. The zero-order chi connectivity index (χ0) is 27.4. The minimum atomic E-state index is -3.33. The number of esters is 2. The van der Waals surface area contributed by atoms with Gasteiger partial charge in [0.1, 0.15) is 11.2 Å². The molecule has 1 saturated heterocycles. The number of hydrogen-bond acceptors (Lipinski definition) is 10. The van der Waals surface area contributed by atoms with Crippen LogP contribution in [0, 0.1) is 0 Å². The summed E-state index contributed by atoms with van der Waals surface area (Å²) in [6, 6.07) is 11.1. The molecule has 3 aromatic rings. The van der Waals surface area contributed by atoms with E-state index in [1.807, 2.05) is 4.90 Å². The number of nitrogens with zero attached hydrogens (tertiary/aromatic N) is 2. The fourth-order valence-electron chi connectivity index (χ4n) is 4.83. The first-order valence-corrected chi connectivity index (χ1v) is 11.9. The van der Waals surface area contributed by atoms with Gasteiger partial charge in [-0.15, -0.1) is 0 Å². The molecule has 198 valence electrons. The van der Waals surface area contributed by atoms with E-state index in [0.717, 1.165) is 0 Å². The van der Waals surface area contributed by atoms with Crippen molar-refractivity contribution >= 4 is 45.6 Å². The second-order valence-corrected chi connectivity index (χ2v) is 9.78. The summed E-state index contributed by atoms with van der Waals surface area (Å²) in [5, 5.41) is 40.9. The topological polar surface area (TPSA) is 161 Å². The van der Waals surface area contributed by atoms with Gasteiger partial charge in [-0.25, -0.2) is 9.59 Å². The molecule has 0 radical (unpaired) electrons. The van der Waals surface area contributed by atoms with Gasteiger partial charge in [-0.3, -0.25) is 4.79 Å². The summed E-state index contributed by atoms with van der Waals surface area (Å²) in [5.74, 6) is -5.67. The number of ether oxygens (including phenoxy) is 1. The quantitative estimate of drug-likeness (QED) is 0.216. The average molecular weight is 523 g/mol. The van der Waals surface area contributed by atoms with Gasteiger partial charge in [0, 0.05) is 53.9 Å². The minimum absolute atomic E-state index is 0.110. The third-order valence-electron chi connectivity index (χ3n) is 6.68. The third kappa shape index (κ3) is 4.45. The summed E-state index contributed by atoms with van der Waals surface area (Å²) in [6.07, 6.45) is 1.31. The highest BCUT2D eigenvalue weighted by atomic mass is 16.7. The molecule has 11 heteroatoms. The van der Waals surface area contributed by atoms with Crippen molar-refractivity contribution in [1.82, 2.24) is 4.90 Å². The Kier molecular flexibility index (Phi) is 6.11. The zero-order valence-corrected chi connectivity index (χ0v) is 20.7. The molecule has 0 atom stereocenters. The average Bonchev–Trinajstić information content (AvgIpc) is 3.41. The number of fused-ring (bicyclic) bond motifs is 1. The summed E-state index contributed by atoms with van der Waals surface area (Å²) in [4.78, 5) is 41.7. The molecule has 0 spiro atoms. The molecular formula is C27H26N2O9. The first-order valence-electron chi connectivity index (χ1n) is 11.9. The van der Waals surface area contributed by atoms with E-state index in [1.54, 1.807) is 29.2 Å². The van der Waals surface area contributed by atoms with E-state index < -0.39 is 35.0 Å².